The Labute approximate surface area is 77.0 Å². The Hall–Kier alpha value is -0.350. The third-order valence-electron chi connectivity index (χ3n) is 1.83. The molecule has 0 N–H and O–H groups in total. The Balaban J connectivity index is 3.29. The zero-order chi connectivity index (χ0) is 8.59. The maximum absolute atomic E-state index is 4.89. The first kappa shape index (κ1) is 8.74. The smallest absolute Gasteiger partial charge is 0.158 e. The lowest BCUT2D eigenvalue weighted by Gasteiger charge is -1.97. The second-order valence-corrected chi connectivity index (χ2v) is 3.60. The highest BCUT2D eigenvalue weighted by atomic mass is 32.1. The topological polar surface area (TPSA) is 17.8 Å². The molecule has 2 nitrogen and oxygen atoms in total. The van der Waals surface area contributed by atoms with E-state index in [9.17, 15) is 0 Å². The summed E-state index contributed by atoms with van der Waals surface area (Å²) < 4.78 is 2.17. The van der Waals surface area contributed by atoms with Crippen molar-refractivity contribution in [2.24, 2.45) is 0 Å². The van der Waals surface area contributed by atoms with Crippen molar-refractivity contribution in [1.82, 2.24) is 9.78 Å². The zero-order valence-corrected chi connectivity index (χ0v) is 8.46. The van der Waals surface area contributed by atoms with Crippen molar-refractivity contribution in [3.63, 3.8) is 0 Å². The molecule has 1 aromatic heterocycles. The molecule has 0 amide bonds. The van der Waals surface area contributed by atoms with Crippen molar-refractivity contribution < 1.29 is 0 Å². The standard InChI is InChI=1S/C7H10N2S2/c1-4-5(2)8-9(6(4)3)7(10)11/h1-3H3,(H,10,11). The van der Waals surface area contributed by atoms with Crippen molar-refractivity contribution in [3.05, 3.63) is 17.0 Å². The molecule has 0 saturated heterocycles. The van der Waals surface area contributed by atoms with Gasteiger partial charge in [-0.15, -0.1) is 12.6 Å². The van der Waals surface area contributed by atoms with E-state index >= 15 is 0 Å². The lowest BCUT2D eigenvalue weighted by molar-refractivity contribution is 0.906. The Morgan fingerprint density at radius 1 is 1.45 bits per heavy atom. The van der Waals surface area contributed by atoms with Gasteiger partial charge in [0, 0.05) is 5.69 Å². The van der Waals surface area contributed by atoms with E-state index in [1.807, 2.05) is 20.8 Å². The van der Waals surface area contributed by atoms with Crippen LogP contribution < -0.4 is 0 Å². The van der Waals surface area contributed by atoms with E-state index in [1.54, 1.807) is 4.68 Å². The summed E-state index contributed by atoms with van der Waals surface area (Å²) in [7, 11) is 0. The van der Waals surface area contributed by atoms with Crippen molar-refractivity contribution in [3.8, 4) is 0 Å². The summed E-state index contributed by atoms with van der Waals surface area (Å²) in [4.78, 5) is 0. The van der Waals surface area contributed by atoms with Gasteiger partial charge in [-0.25, -0.2) is 4.68 Å². The van der Waals surface area contributed by atoms with Gasteiger partial charge in [0.15, 0.2) is 4.32 Å². The maximum Gasteiger partial charge on any atom is 0.158 e. The number of nitrogens with zero attached hydrogens (tertiary/aromatic N) is 2. The largest absolute Gasteiger partial charge is 0.220 e. The van der Waals surface area contributed by atoms with Gasteiger partial charge in [-0.1, -0.05) is 12.2 Å². The normalized spacial score (nSPS) is 10.2. The first-order valence-electron chi connectivity index (χ1n) is 3.30. The quantitative estimate of drug-likeness (QED) is 0.492. The van der Waals surface area contributed by atoms with E-state index in [0.29, 0.717) is 4.32 Å². The van der Waals surface area contributed by atoms with Crippen LogP contribution in [-0.2, 0) is 0 Å². The molecular weight excluding hydrogens is 176 g/mol. The second-order valence-electron chi connectivity index (χ2n) is 2.49. The van der Waals surface area contributed by atoms with Crippen molar-refractivity contribution in [1.29, 1.82) is 0 Å². The van der Waals surface area contributed by atoms with Crippen LogP contribution in [0.5, 0.6) is 0 Å². The summed E-state index contributed by atoms with van der Waals surface area (Å²) in [5.74, 6) is 0. The predicted octanol–water partition coefficient (Wildman–Crippen LogP) is 1.87. The summed E-state index contributed by atoms with van der Waals surface area (Å²) in [6.07, 6.45) is 0. The van der Waals surface area contributed by atoms with Crippen LogP contribution in [0.4, 0.5) is 0 Å². The molecule has 0 radical (unpaired) electrons. The van der Waals surface area contributed by atoms with Crippen LogP contribution >= 0.6 is 24.8 Å². The molecule has 60 valence electrons. The molecule has 1 rings (SSSR count). The van der Waals surface area contributed by atoms with Gasteiger partial charge in [0.2, 0.25) is 0 Å². The van der Waals surface area contributed by atoms with Gasteiger partial charge in [-0.05, 0) is 26.3 Å². The predicted molar refractivity (Wildman–Crippen MR) is 53.4 cm³/mol. The molecule has 0 saturated carbocycles. The van der Waals surface area contributed by atoms with Crippen molar-refractivity contribution in [2.75, 3.05) is 0 Å². The summed E-state index contributed by atoms with van der Waals surface area (Å²) in [6.45, 7) is 5.98. The lowest BCUT2D eigenvalue weighted by Crippen LogP contribution is -2.05. The van der Waals surface area contributed by atoms with E-state index < -0.39 is 0 Å². The molecule has 0 aliphatic heterocycles. The van der Waals surface area contributed by atoms with Gasteiger partial charge in [-0.2, -0.15) is 5.10 Å². The maximum atomic E-state index is 4.89. The zero-order valence-electron chi connectivity index (χ0n) is 6.75. The summed E-state index contributed by atoms with van der Waals surface area (Å²) in [5.41, 5.74) is 3.27. The van der Waals surface area contributed by atoms with Gasteiger partial charge in [0.25, 0.3) is 0 Å². The third kappa shape index (κ3) is 1.46. The van der Waals surface area contributed by atoms with Gasteiger partial charge in [0.1, 0.15) is 0 Å². The van der Waals surface area contributed by atoms with Crippen LogP contribution in [0.15, 0.2) is 0 Å². The van der Waals surface area contributed by atoms with Crippen LogP contribution in [0.2, 0.25) is 0 Å². The number of hydrogen-bond donors (Lipinski definition) is 1. The lowest BCUT2D eigenvalue weighted by atomic mass is 10.2. The van der Waals surface area contributed by atoms with E-state index in [-0.39, 0.29) is 0 Å². The molecule has 0 aliphatic carbocycles. The second kappa shape index (κ2) is 2.95. The first-order chi connectivity index (χ1) is 5.04. The van der Waals surface area contributed by atoms with E-state index in [4.69, 9.17) is 12.2 Å². The molecule has 1 heterocycles. The van der Waals surface area contributed by atoms with Crippen LogP contribution in [0, 0.1) is 20.8 Å². The highest BCUT2D eigenvalue weighted by molar-refractivity contribution is 8.11. The summed E-state index contributed by atoms with van der Waals surface area (Å²) >= 11 is 8.94. The molecule has 0 aromatic carbocycles. The number of thiocarbonyl (C=S) groups is 1. The van der Waals surface area contributed by atoms with Crippen LogP contribution in [0.3, 0.4) is 0 Å². The highest BCUT2D eigenvalue weighted by Gasteiger charge is 2.07. The first-order valence-corrected chi connectivity index (χ1v) is 4.15. The number of aryl methyl sites for hydroxylation is 1. The molecule has 4 heteroatoms. The Kier molecular flexibility index (Phi) is 2.34. The molecule has 0 bridgehead atoms. The SMILES string of the molecule is Cc1nn(C(=S)S)c(C)c1C. The van der Waals surface area contributed by atoms with E-state index in [1.165, 1.54) is 5.56 Å². The van der Waals surface area contributed by atoms with Crippen LogP contribution in [0.25, 0.3) is 0 Å². The van der Waals surface area contributed by atoms with E-state index in [2.05, 4.69) is 17.7 Å². The molecule has 0 unspecified atom stereocenters. The molecule has 0 atom stereocenters. The summed E-state index contributed by atoms with van der Waals surface area (Å²) in [6, 6.07) is 0. The fourth-order valence-corrected chi connectivity index (χ4v) is 1.28. The van der Waals surface area contributed by atoms with Crippen molar-refractivity contribution >= 4 is 29.2 Å². The number of aromatic nitrogens is 2. The monoisotopic (exact) mass is 186 g/mol. The number of hydrogen-bond acceptors (Lipinski definition) is 2. The highest BCUT2D eigenvalue weighted by Crippen LogP contribution is 2.11. The van der Waals surface area contributed by atoms with Crippen LogP contribution in [0.1, 0.15) is 17.0 Å². The Morgan fingerprint density at radius 3 is 2.18 bits per heavy atom. The average molecular weight is 186 g/mol. The van der Waals surface area contributed by atoms with Gasteiger partial charge < -0.3 is 0 Å². The third-order valence-corrected chi connectivity index (χ3v) is 2.20. The number of thiol groups is 1. The minimum Gasteiger partial charge on any atom is -0.220 e. The fraction of sp³-hybridized carbons (Fsp3) is 0.429. The minimum absolute atomic E-state index is 0.499. The molecular formula is C7H10N2S2. The summed E-state index contributed by atoms with van der Waals surface area (Å²) in [5, 5.41) is 4.21. The molecule has 0 fully saturated rings. The van der Waals surface area contributed by atoms with E-state index in [0.717, 1.165) is 11.4 Å². The van der Waals surface area contributed by atoms with Crippen LogP contribution in [-0.4, -0.2) is 14.1 Å². The van der Waals surface area contributed by atoms with Gasteiger partial charge >= 0.3 is 0 Å². The van der Waals surface area contributed by atoms with Gasteiger partial charge in [0.05, 0.1) is 5.69 Å². The Bertz CT molecular complexity index is 302. The van der Waals surface area contributed by atoms with Crippen molar-refractivity contribution in [2.45, 2.75) is 20.8 Å². The fourth-order valence-electron chi connectivity index (χ4n) is 0.907. The molecule has 0 aliphatic rings. The van der Waals surface area contributed by atoms with Gasteiger partial charge in [-0.3, -0.25) is 0 Å². The number of rotatable bonds is 0. The molecule has 0 spiro atoms. The minimum atomic E-state index is 0.499. The average Bonchev–Trinajstić information content (AvgIpc) is 2.17. The molecule has 1 aromatic rings. The Morgan fingerprint density at radius 2 is 2.00 bits per heavy atom. The molecule has 11 heavy (non-hydrogen) atoms.